The summed E-state index contributed by atoms with van der Waals surface area (Å²) in [5.74, 6) is 0.675. The van der Waals surface area contributed by atoms with Gasteiger partial charge < -0.3 is 15.1 Å². The molecule has 1 amide bonds. The molecule has 0 unspecified atom stereocenters. The number of Topliss-reactive ketones (excluding diaryl/α,β-unsaturated/α-hetero) is 1. The second-order valence-electron chi connectivity index (χ2n) is 10.1. The van der Waals surface area contributed by atoms with Gasteiger partial charge in [-0.25, -0.2) is 0 Å². The van der Waals surface area contributed by atoms with Crippen LogP contribution >= 0.6 is 0 Å². The highest BCUT2D eigenvalue weighted by Crippen LogP contribution is 2.35. The van der Waals surface area contributed by atoms with Crippen LogP contribution in [0.5, 0.6) is 0 Å². The van der Waals surface area contributed by atoms with Gasteiger partial charge in [0.1, 0.15) is 5.78 Å². The Kier molecular flexibility index (Phi) is 9.98. The Bertz CT molecular complexity index is 680. The standard InChI is InChI=1S/C27H45N3O2/c1-4-29(18-16-22-11-8-9-12-22)20-24-15-10-17-30(24)27(32)25(19-26(31)21(2)28-3)23-13-6-5-7-14-23/h8-9,11,21,23-25,28H,4-7,10,12-20H2,1-3H3/t21-,24-,25-/m0/s1. The van der Waals surface area contributed by atoms with Gasteiger partial charge in [-0.3, -0.25) is 9.59 Å². The summed E-state index contributed by atoms with van der Waals surface area (Å²) >= 11 is 0. The molecule has 32 heavy (non-hydrogen) atoms. The summed E-state index contributed by atoms with van der Waals surface area (Å²) in [6.45, 7) is 8.04. The van der Waals surface area contributed by atoms with E-state index in [4.69, 9.17) is 0 Å². The van der Waals surface area contributed by atoms with Crippen LogP contribution in [0.2, 0.25) is 0 Å². The summed E-state index contributed by atoms with van der Waals surface area (Å²) in [4.78, 5) is 31.3. The number of nitrogens with zero attached hydrogens (tertiary/aromatic N) is 2. The molecular weight excluding hydrogens is 398 g/mol. The van der Waals surface area contributed by atoms with Gasteiger partial charge in [-0.2, -0.15) is 0 Å². The zero-order chi connectivity index (χ0) is 22.9. The maximum Gasteiger partial charge on any atom is 0.226 e. The fourth-order valence-electron chi connectivity index (χ4n) is 5.73. The lowest BCUT2D eigenvalue weighted by Crippen LogP contribution is -2.48. The first-order valence-corrected chi connectivity index (χ1v) is 13.1. The van der Waals surface area contributed by atoms with E-state index in [-0.39, 0.29) is 23.7 Å². The maximum atomic E-state index is 13.9. The van der Waals surface area contributed by atoms with Crippen LogP contribution in [-0.4, -0.2) is 66.8 Å². The highest BCUT2D eigenvalue weighted by molar-refractivity contribution is 5.90. The van der Waals surface area contributed by atoms with Gasteiger partial charge in [-0.05, 0) is 65.0 Å². The van der Waals surface area contributed by atoms with Gasteiger partial charge in [0.15, 0.2) is 0 Å². The third kappa shape index (κ3) is 6.77. The van der Waals surface area contributed by atoms with Crippen molar-refractivity contribution in [3.8, 4) is 0 Å². The molecule has 0 spiro atoms. The third-order valence-corrected chi connectivity index (χ3v) is 8.05. The minimum Gasteiger partial charge on any atom is -0.338 e. The summed E-state index contributed by atoms with van der Waals surface area (Å²) < 4.78 is 0. The highest BCUT2D eigenvalue weighted by Gasteiger charge is 2.39. The smallest absolute Gasteiger partial charge is 0.226 e. The first-order valence-electron chi connectivity index (χ1n) is 13.1. The van der Waals surface area contributed by atoms with Crippen molar-refractivity contribution in [3.05, 3.63) is 23.8 Å². The van der Waals surface area contributed by atoms with E-state index in [2.05, 4.69) is 40.3 Å². The number of rotatable bonds is 12. The highest BCUT2D eigenvalue weighted by atomic mass is 16.2. The van der Waals surface area contributed by atoms with Gasteiger partial charge in [0.2, 0.25) is 5.91 Å². The Balaban J connectivity index is 1.64. The van der Waals surface area contributed by atoms with Gasteiger partial charge in [-0.15, -0.1) is 0 Å². The number of nitrogens with one attached hydrogen (secondary N) is 1. The van der Waals surface area contributed by atoms with Crippen molar-refractivity contribution in [2.24, 2.45) is 11.8 Å². The Morgan fingerprint density at radius 2 is 1.97 bits per heavy atom. The van der Waals surface area contributed by atoms with Crippen LogP contribution in [0.15, 0.2) is 23.8 Å². The average molecular weight is 444 g/mol. The fraction of sp³-hybridized carbons (Fsp3) is 0.778. The molecule has 0 bridgehead atoms. The lowest BCUT2D eigenvalue weighted by Gasteiger charge is -2.36. The molecule has 3 aliphatic rings. The van der Waals surface area contributed by atoms with E-state index in [1.807, 2.05) is 14.0 Å². The van der Waals surface area contributed by atoms with Crippen molar-refractivity contribution in [3.63, 3.8) is 0 Å². The number of amides is 1. The van der Waals surface area contributed by atoms with E-state index in [1.165, 1.54) is 24.8 Å². The molecule has 180 valence electrons. The average Bonchev–Trinajstić information content (AvgIpc) is 3.51. The number of hydrogen-bond donors (Lipinski definition) is 1. The van der Waals surface area contributed by atoms with Gasteiger partial charge in [-0.1, -0.05) is 50.0 Å². The molecule has 1 saturated heterocycles. The van der Waals surface area contributed by atoms with E-state index in [0.29, 0.717) is 18.4 Å². The van der Waals surface area contributed by atoms with Gasteiger partial charge in [0, 0.05) is 38.0 Å². The second kappa shape index (κ2) is 12.7. The minimum absolute atomic E-state index is 0.135. The predicted molar refractivity (Wildman–Crippen MR) is 132 cm³/mol. The van der Waals surface area contributed by atoms with Crippen molar-refractivity contribution in [2.75, 3.05) is 33.2 Å². The quantitative estimate of drug-likeness (QED) is 0.487. The summed E-state index contributed by atoms with van der Waals surface area (Å²) in [6.07, 6.45) is 17.3. The SMILES string of the molecule is CCN(CCC1=CC=CC1)C[C@@H]1CCCN1C(=O)[C@@H](CC(=O)[C@H](C)NC)C1CCCCC1. The molecule has 2 fully saturated rings. The molecule has 1 saturated carbocycles. The Morgan fingerprint density at radius 3 is 2.62 bits per heavy atom. The molecule has 1 N–H and O–H groups in total. The van der Waals surface area contributed by atoms with Gasteiger partial charge in [0.25, 0.3) is 0 Å². The van der Waals surface area contributed by atoms with Crippen molar-refractivity contribution < 1.29 is 9.59 Å². The van der Waals surface area contributed by atoms with Crippen LogP contribution in [0, 0.1) is 11.8 Å². The van der Waals surface area contributed by atoms with Crippen molar-refractivity contribution in [2.45, 2.75) is 90.1 Å². The van der Waals surface area contributed by atoms with Crippen molar-refractivity contribution >= 4 is 11.7 Å². The van der Waals surface area contributed by atoms with Crippen LogP contribution in [-0.2, 0) is 9.59 Å². The Labute approximate surface area is 195 Å². The first kappa shape index (κ1) is 25.2. The number of likely N-dealkylation sites (tertiary alicyclic amines) is 1. The molecule has 5 heteroatoms. The molecule has 0 aromatic carbocycles. The normalized spacial score (nSPS) is 23.6. The van der Waals surface area contributed by atoms with Crippen LogP contribution in [0.4, 0.5) is 0 Å². The largest absolute Gasteiger partial charge is 0.338 e. The number of ketones is 1. The number of hydrogen-bond acceptors (Lipinski definition) is 4. The molecule has 1 aliphatic heterocycles. The molecule has 3 atom stereocenters. The van der Waals surface area contributed by atoms with Gasteiger partial charge >= 0.3 is 0 Å². The van der Waals surface area contributed by atoms with Crippen LogP contribution in [0.3, 0.4) is 0 Å². The molecule has 5 nitrogen and oxygen atoms in total. The van der Waals surface area contributed by atoms with E-state index in [0.717, 1.165) is 64.7 Å². The predicted octanol–water partition coefficient (Wildman–Crippen LogP) is 4.34. The third-order valence-electron chi connectivity index (χ3n) is 8.05. The van der Waals surface area contributed by atoms with Crippen LogP contribution in [0.1, 0.15) is 78.1 Å². The lowest BCUT2D eigenvalue weighted by molar-refractivity contribution is -0.142. The molecule has 0 aromatic heterocycles. The number of allylic oxidation sites excluding steroid dienone is 3. The van der Waals surface area contributed by atoms with Crippen molar-refractivity contribution in [1.82, 2.24) is 15.1 Å². The molecular formula is C27H45N3O2. The first-order chi connectivity index (χ1) is 15.5. The lowest BCUT2D eigenvalue weighted by atomic mass is 9.76. The zero-order valence-electron chi connectivity index (χ0n) is 20.7. The summed E-state index contributed by atoms with van der Waals surface area (Å²) in [7, 11) is 1.83. The number of carbonyl (C=O) groups excluding carboxylic acids is 2. The number of likely N-dealkylation sites (N-methyl/N-ethyl adjacent to an activating group) is 2. The molecule has 0 radical (unpaired) electrons. The number of carbonyl (C=O) groups is 2. The fourth-order valence-corrected chi connectivity index (χ4v) is 5.73. The van der Waals surface area contributed by atoms with Gasteiger partial charge in [0.05, 0.1) is 6.04 Å². The van der Waals surface area contributed by atoms with E-state index in [9.17, 15) is 9.59 Å². The summed E-state index contributed by atoms with van der Waals surface area (Å²) in [5.41, 5.74) is 1.51. The summed E-state index contributed by atoms with van der Waals surface area (Å²) in [6, 6.07) is 0.110. The van der Waals surface area contributed by atoms with E-state index >= 15 is 0 Å². The molecule has 3 rings (SSSR count). The molecule has 1 heterocycles. The Hall–Kier alpha value is -1.46. The molecule has 2 aliphatic carbocycles. The second-order valence-corrected chi connectivity index (χ2v) is 10.1. The van der Waals surface area contributed by atoms with Crippen LogP contribution in [0.25, 0.3) is 0 Å². The van der Waals surface area contributed by atoms with Crippen LogP contribution < -0.4 is 5.32 Å². The van der Waals surface area contributed by atoms with E-state index < -0.39 is 0 Å². The minimum atomic E-state index is -0.182. The summed E-state index contributed by atoms with van der Waals surface area (Å²) in [5, 5.41) is 3.07. The maximum absolute atomic E-state index is 13.9. The monoisotopic (exact) mass is 443 g/mol. The Morgan fingerprint density at radius 1 is 1.19 bits per heavy atom. The zero-order valence-corrected chi connectivity index (χ0v) is 20.7. The van der Waals surface area contributed by atoms with E-state index in [1.54, 1.807) is 0 Å². The van der Waals surface area contributed by atoms with Crippen molar-refractivity contribution in [1.29, 1.82) is 0 Å². The topological polar surface area (TPSA) is 52.7 Å². The molecule has 0 aromatic rings.